The van der Waals surface area contributed by atoms with Gasteiger partial charge < -0.3 is 10.5 Å². The molecule has 0 aliphatic carbocycles. The van der Waals surface area contributed by atoms with Gasteiger partial charge in [-0.2, -0.15) is 0 Å². The van der Waals surface area contributed by atoms with Gasteiger partial charge in [-0.15, -0.1) is 11.3 Å². The monoisotopic (exact) mass is 290 g/mol. The van der Waals surface area contributed by atoms with Crippen molar-refractivity contribution in [3.8, 4) is 5.75 Å². The smallest absolute Gasteiger partial charge is 0.140 e. The van der Waals surface area contributed by atoms with Crippen LogP contribution in [0.5, 0.6) is 5.75 Å². The Balaban J connectivity index is 2.12. The third-order valence-electron chi connectivity index (χ3n) is 2.92. The molecule has 108 valence electrons. The largest absolute Gasteiger partial charge is 0.486 e. The van der Waals surface area contributed by atoms with Crippen LogP contribution < -0.4 is 10.5 Å². The third kappa shape index (κ3) is 3.81. The van der Waals surface area contributed by atoms with Gasteiger partial charge >= 0.3 is 0 Å². The summed E-state index contributed by atoms with van der Waals surface area (Å²) in [6.45, 7) is 6.72. The SMILES string of the molecule is CCCc1nc(COc2ccccc2)sc1C(C)(C)N. The van der Waals surface area contributed by atoms with E-state index in [1.54, 1.807) is 11.3 Å². The molecule has 0 spiro atoms. The van der Waals surface area contributed by atoms with Crippen molar-refractivity contribution in [2.75, 3.05) is 0 Å². The molecule has 0 aliphatic rings. The molecule has 0 saturated heterocycles. The Bertz CT molecular complexity index is 543. The van der Waals surface area contributed by atoms with Gasteiger partial charge in [0.2, 0.25) is 0 Å². The van der Waals surface area contributed by atoms with Crippen LogP contribution in [0.1, 0.15) is 42.8 Å². The zero-order chi connectivity index (χ0) is 14.6. The average molecular weight is 290 g/mol. The van der Waals surface area contributed by atoms with E-state index in [1.165, 1.54) is 4.88 Å². The number of thiazole rings is 1. The van der Waals surface area contributed by atoms with Gasteiger partial charge in [-0.25, -0.2) is 4.98 Å². The summed E-state index contributed by atoms with van der Waals surface area (Å²) in [5.41, 5.74) is 7.02. The lowest BCUT2D eigenvalue weighted by molar-refractivity contribution is 0.305. The van der Waals surface area contributed by atoms with Crippen LogP contribution in [-0.2, 0) is 18.6 Å². The first-order valence-electron chi connectivity index (χ1n) is 6.96. The number of ether oxygens (including phenoxy) is 1. The normalized spacial score (nSPS) is 11.6. The lowest BCUT2D eigenvalue weighted by Gasteiger charge is -2.17. The summed E-state index contributed by atoms with van der Waals surface area (Å²) >= 11 is 1.66. The number of hydrogen-bond acceptors (Lipinski definition) is 4. The number of aromatic nitrogens is 1. The first kappa shape index (κ1) is 15.0. The summed E-state index contributed by atoms with van der Waals surface area (Å²) in [4.78, 5) is 5.87. The molecule has 0 amide bonds. The molecule has 2 N–H and O–H groups in total. The van der Waals surface area contributed by atoms with Crippen LogP contribution >= 0.6 is 11.3 Å². The predicted molar refractivity (Wildman–Crippen MR) is 84.1 cm³/mol. The maximum atomic E-state index is 6.24. The summed E-state index contributed by atoms with van der Waals surface area (Å²) in [7, 11) is 0. The van der Waals surface area contributed by atoms with Crippen LogP contribution in [0.2, 0.25) is 0 Å². The lowest BCUT2D eigenvalue weighted by Crippen LogP contribution is -2.28. The molecule has 0 atom stereocenters. The molecule has 0 unspecified atom stereocenters. The fraction of sp³-hybridized carbons (Fsp3) is 0.438. The molecule has 0 radical (unpaired) electrons. The Morgan fingerprint density at radius 1 is 1.25 bits per heavy atom. The summed E-state index contributed by atoms with van der Waals surface area (Å²) in [5.74, 6) is 0.869. The van der Waals surface area contributed by atoms with Crippen molar-refractivity contribution in [2.24, 2.45) is 5.73 Å². The van der Waals surface area contributed by atoms with Crippen LogP contribution in [0.3, 0.4) is 0 Å². The number of nitrogens with two attached hydrogens (primary N) is 1. The van der Waals surface area contributed by atoms with E-state index in [2.05, 4.69) is 6.92 Å². The van der Waals surface area contributed by atoms with Gasteiger partial charge in [-0.1, -0.05) is 31.5 Å². The van der Waals surface area contributed by atoms with E-state index in [0.717, 1.165) is 29.3 Å². The minimum Gasteiger partial charge on any atom is -0.486 e. The van der Waals surface area contributed by atoms with E-state index in [0.29, 0.717) is 6.61 Å². The van der Waals surface area contributed by atoms with E-state index in [4.69, 9.17) is 15.5 Å². The Morgan fingerprint density at radius 3 is 2.55 bits per heavy atom. The number of aryl methyl sites for hydroxylation is 1. The van der Waals surface area contributed by atoms with Gasteiger partial charge in [-0.3, -0.25) is 0 Å². The van der Waals surface area contributed by atoms with E-state index in [-0.39, 0.29) is 5.54 Å². The minimum atomic E-state index is -0.340. The van der Waals surface area contributed by atoms with Crippen molar-refractivity contribution >= 4 is 11.3 Å². The first-order chi connectivity index (χ1) is 9.50. The quantitative estimate of drug-likeness (QED) is 0.878. The Morgan fingerprint density at radius 2 is 1.95 bits per heavy atom. The first-order valence-corrected chi connectivity index (χ1v) is 7.78. The third-order valence-corrected chi connectivity index (χ3v) is 4.33. The summed E-state index contributed by atoms with van der Waals surface area (Å²) in [6.07, 6.45) is 2.05. The fourth-order valence-corrected chi connectivity index (χ4v) is 3.07. The van der Waals surface area contributed by atoms with Crippen molar-refractivity contribution in [3.05, 3.63) is 45.9 Å². The van der Waals surface area contributed by atoms with Crippen molar-refractivity contribution in [1.82, 2.24) is 4.98 Å². The second-order valence-corrected chi connectivity index (χ2v) is 6.54. The average Bonchev–Trinajstić information content (AvgIpc) is 2.81. The van der Waals surface area contributed by atoms with Crippen LogP contribution in [-0.4, -0.2) is 4.98 Å². The molecule has 0 fully saturated rings. The number of hydrogen-bond donors (Lipinski definition) is 1. The molecule has 1 aromatic carbocycles. The molecule has 2 aromatic rings. The second-order valence-electron chi connectivity index (χ2n) is 5.46. The van der Waals surface area contributed by atoms with Gasteiger partial charge in [0.05, 0.1) is 5.69 Å². The van der Waals surface area contributed by atoms with Crippen molar-refractivity contribution < 1.29 is 4.74 Å². The highest BCUT2D eigenvalue weighted by Crippen LogP contribution is 2.29. The number of benzene rings is 1. The van der Waals surface area contributed by atoms with Crippen molar-refractivity contribution in [2.45, 2.75) is 45.8 Å². The minimum absolute atomic E-state index is 0.340. The fourth-order valence-electron chi connectivity index (χ4n) is 2.03. The van der Waals surface area contributed by atoms with Gasteiger partial charge in [0, 0.05) is 10.4 Å². The van der Waals surface area contributed by atoms with Crippen LogP contribution in [0, 0.1) is 0 Å². The van der Waals surface area contributed by atoms with Gasteiger partial charge in [0.1, 0.15) is 17.4 Å². The summed E-state index contributed by atoms with van der Waals surface area (Å²) in [5, 5.41) is 0.992. The molecule has 0 bridgehead atoms. The molecule has 2 rings (SSSR count). The van der Waals surface area contributed by atoms with Gasteiger partial charge in [0.25, 0.3) is 0 Å². The Kier molecular flexibility index (Phi) is 4.78. The molecule has 20 heavy (non-hydrogen) atoms. The Hall–Kier alpha value is -1.39. The van der Waals surface area contributed by atoms with Crippen LogP contribution in [0.25, 0.3) is 0 Å². The number of rotatable bonds is 6. The zero-order valence-electron chi connectivity index (χ0n) is 12.3. The highest BCUT2D eigenvalue weighted by atomic mass is 32.1. The van der Waals surface area contributed by atoms with Crippen molar-refractivity contribution in [3.63, 3.8) is 0 Å². The van der Waals surface area contributed by atoms with E-state index >= 15 is 0 Å². The zero-order valence-corrected chi connectivity index (χ0v) is 13.2. The standard InChI is InChI=1S/C16H22N2OS/c1-4-8-13-15(16(2,3)17)20-14(18-13)11-19-12-9-6-5-7-10-12/h5-7,9-10H,4,8,11,17H2,1-3H3. The van der Waals surface area contributed by atoms with Crippen molar-refractivity contribution in [1.29, 1.82) is 0 Å². The molecule has 0 aliphatic heterocycles. The molecular formula is C16H22N2OS. The van der Waals surface area contributed by atoms with Gasteiger partial charge in [0.15, 0.2) is 0 Å². The summed E-state index contributed by atoms with van der Waals surface area (Å²) < 4.78 is 5.76. The summed E-state index contributed by atoms with van der Waals surface area (Å²) in [6, 6.07) is 9.82. The second kappa shape index (κ2) is 6.37. The van der Waals surface area contributed by atoms with E-state index < -0.39 is 0 Å². The highest BCUT2D eigenvalue weighted by molar-refractivity contribution is 7.11. The van der Waals surface area contributed by atoms with Crippen LogP contribution in [0.15, 0.2) is 30.3 Å². The number of nitrogens with zero attached hydrogens (tertiary/aromatic N) is 1. The molecular weight excluding hydrogens is 268 g/mol. The maximum absolute atomic E-state index is 6.24. The Labute approximate surface area is 124 Å². The molecule has 1 heterocycles. The van der Waals surface area contributed by atoms with E-state index in [1.807, 2.05) is 44.2 Å². The van der Waals surface area contributed by atoms with Gasteiger partial charge in [-0.05, 0) is 32.4 Å². The number of para-hydroxylation sites is 1. The lowest BCUT2D eigenvalue weighted by atomic mass is 10.0. The van der Waals surface area contributed by atoms with E-state index in [9.17, 15) is 0 Å². The highest BCUT2D eigenvalue weighted by Gasteiger charge is 2.23. The molecule has 1 aromatic heterocycles. The topological polar surface area (TPSA) is 48.1 Å². The van der Waals surface area contributed by atoms with Crippen LogP contribution in [0.4, 0.5) is 0 Å². The molecule has 3 nitrogen and oxygen atoms in total. The molecule has 4 heteroatoms. The molecule has 0 saturated carbocycles. The predicted octanol–water partition coefficient (Wildman–Crippen LogP) is 3.87. The maximum Gasteiger partial charge on any atom is 0.140 e.